The van der Waals surface area contributed by atoms with E-state index in [1.54, 1.807) is 12.1 Å². The van der Waals surface area contributed by atoms with Crippen LogP contribution in [0.5, 0.6) is 0 Å². The van der Waals surface area contributed by atoms with Crippen LogP contribution in [0.4, 0.5) is 10.1 Å². The van der Waals surface area contributed by atoms with Gasteiger partial charge in [0, 0.05) is 48.0 Å². The third-order valence-electron chi connectivity index (χ3n) is 6.04. The number of fused-ring (bicyclic) bond motifs is 1. The highest BCUT2D eigenvalue weighted by molar-refractivity contribution is 5.86. The summed E-state index contributed by atoms with van der Waals surface area (Å²) in [5, 5.41) is 4.61. The molecular weight excluding hydrogens is 373 g/mol. The van der Waals surface area contributed by atoms with Gasteiger partial charge in [-0.2, -0.15) is 0 Å². The fourth-order valence-electron chi connectivity index (χ4n) is 4.33. The number of rotatable bonds is 5. The molecule has 3 aromatic carbocycles. The molecule has 2 heterocycles. The highest BCUT2D eigenvalue weighted by Crippen LogP contribution is 2.29. The van der Waals surface area contributed by atoms with E-state index in [1.807, 2.05) is 6.07 Å². The van der Waals surface area contributed by atoms with Crippen LogP contribution in [0.3, 0.4) is 0 Å². The Morgan fingerprint density at radius 3 is 2.57 bits per heavy atom. The number of aromatic nitrogens is 1. The van der Waals surface area contributed by atoms with Crippen molar-refractivity contribution in [3.63, 3.8) is 0 Å². The second-order valence-electron chi connectivity index (χ2n) is 8.09. The Bertz CT molecular complexity index is 1130. The van der Waals surface area contributed by atoms with Crippen LogP contribution >= 0.6 is 0 Å². The van der Waals surface area contributed by atoms with Gasteiger partial charge >= 0.3 is 0 Å². The van der Waals surface area contributed by atoms with Crippen molar-refractivity contribution in [2.75, 3.05) is 18.0 Å². The number of aromatic amines is 1. The number of benzene rings is 3. The number of H-pyrrole nitrogens is 1. The van der Waals surface area contributed by atoms with Crippen LogP contribution in [-0.4, -0.2) is 24.1 Å². The number of nitrogens with one attached hydrogen (secondary N) is 2. The summed E-state index contributed by atoms with van der Waals surface area (Å²) in [5.74, 6) is -0.203. The highest BCUT2D eigenvalue weighted by atomic mass is 19.1. The van der Waals surface area contributed by atoms with Gasteiger partial charge in [0.2, 0.25) is 0 Å². The molecule has 4 aromatic rings. The molecule has 0 bridgehead atoms. The summed E-state index contributed by atoms with van der Waals surface area (Å²) in [4.78, 5) is 5.88. The quantitative estimate of drug-likeness (QED) is 0.449. The number of piperidine rings is 1. The van der Waals surface area contributed by atoms with E-state index in [9.17, 15) is 4.39 Å². The minimum absolute atomic E-state index is 0.203. The molecule has 1 aliphatic heterocycles. The number of halogens is 1. The molecule has 0 saturated carbocycles. The third-order valence-corrected chi connectivity index (χ3v) is 6.04. The van der Waals surface area contributed by atoms with Gasteiger partial charge in [-0.25, -0.2) is 4.39 Å². The zero-order valence-corrected chi connectivity index (χ0v) is 16.9. The molecule has 0 atom stereocenters. The Morgan fingerprint density at radius 1 is 0.900 bits per heavy atom. The lowest BCUT2D eigenvalue weighted by molar-refractivity contribution is 0.414. The summed E-state index contributed by atoms with van der Waals surface area (Å²) in [6.07, 6.45) is 2.28. The van der Waals surface area contributed by atoms with Crippen molar-refractivity contribution in [2.24, 2.45) is 0 Å². The van der Waals surface area contributed by atoms with Crippen molar-refractivity contribution in [3.05, 3.63) is 90.2 Å². The number of hydrogen-bond donors (Lipinski definition) is 2. The van der Waals surface area contributed by atoms with Crippen LogP contribution < -0.4 is 10.2 Å². The van der Waals surface area contributed by atoms with Crippen molar-refractivity contribution >= 4 is 16.6 Å². The average Bonchev–Trinajstić information content (AvgIpc) is 3.22. The van der Waals surface area contributed by atoms with Crippen LogP contribution in [0, 0.1) is 5.82 Å². The molecule has 1 fully saturated rings. The number of nitrogens with zero attached hydrogens (tertiary/aromatic N) is 1. The Balaban J connectivity index is 1.24. The summed E-state index contributed by atoms with van der Waals surface area (Å²) in [6.45, 7) is 3.03. The van der Waals surface area contributed by atoms with Gasteiger partial charge in [-0.1, -0.05) is 42.5 Å². The van der Waals surface area contributed by atoms with E-state index in [0.717, 1.165) is 54.6 Å². The lowest BCUT2D eigenvalue weighted by Gasteiger charge is -2.34. The highest BCUT2D eigenvalue weighted by Gasteiger charge is 2.19. The topological polar surface area (TPSA) is 31.1 Å². The van der Waals surface area contributed by atoms with Gasteiger partial charge in [-0.3, -0.25) is 0 Å². The first kappa shape index (κ1) is 18.9. The molecule has 0 radical (unpaired) electrons. The maximum Gasteiger partial charge on any atom is 0.123 e. The van der Waals surface area contributed by atoms with Gasteiger partial charge in [0.25, 0.3) is 0 Å². The summed E-state index contributed by atoms with van der Waals surface area (Å²) < 4.78 is 13.5. The van der Waals surface area contributed by atoms with E-state index < -0.39 is 0 Å². The van der Waals surface area contributed by atoms with Gasteiger partial charge < -0.3 is 15.2 Å². The fraction of sp³-hybridized carbons (Fsp3) is 0.231. The maximum atomic E-state index is 13.5. The molecule has 3 nitrogen and oxygen atoms in total. The SMILES string of the molecule is Fc1ccc2[nH]c(-c3cccc(N4CCC(NCc5ccccc5)CC4)c3)cc2c1. The van der Waals surface area contributed by atoms with Crippen LogP contribution in [0.15, 0.2) is 78.9 Å². The molecule has 4 heteroatoms. The first-order valence-electron chi connectivity index (χ1n) is 10.7. The first-order valence-corrected chi connectivity index (χ1v) is 10.7. The summed E-state index contributed by atoms with van der Waals surface area (Å²) in [7, 11) is 0. The molecule has 1 aliphatic rings. The van der Waals surface area contributed by atoms with Crippen molar-refractivity contribution in [3.8, 4) is 11.3 Å². The van der Waals surface area contributed by atoms with Crippen molar-refractivity contribution in [2.45, 2.75) is 25.4 Å². The summed E-state index contributed by atoms with van der Waals surface area (Å²) >= 11 is 0. The van der Waals surface area contributed by atoms with Crippen molar-refractivity contribution in [1.82, 2.24) is 10.3 Å². The van der Waals surface area contributed by atoms with Crippen molar-refractivity contribution in [1.29, 1.82) is 0 Å². The van der Waals surface area contributed by atoms with Crippen LogP contribution in [0.25, 0.3) is 22.2 Å². The van der Waals surface area contributed by atoms with Crippen LogP contribution in [0.2, 0.25) is 0 Å². The monoisotopic (exact) mass is 399 g/mol. The zero-order valence-electron chi connectivity index (χ0n) is 16.9. The molecule has 1 saturated heterocycles. The van der Waals surface area contributed by atoms with Crippen molar-refractivity contribution < 1.29 is 4.39 Å². The zero-order chi connectivity index (χ0) is 20.3. The molecule has 152 valence electrons. The Labute approximate surface area is 176 Å². The Hall–Kier alpha value is -3.11. The second-order valence-corrected chi connectivity index (χ2v) is 8.09. The Kier molecular flexibility index (Phi) is 5.24. The first-order chi connectivity index (χ1) is 14.7. The number of hydrogen-bond acceptors (Lipinski definition) is 2. The summed E-state index contributed by atoms with van der Waals surface area (Å²) in [6, 6.07) is 26.7. The van der Waals surface area contributed by atoms with Gasteiger partial charge in [-0.15, -0.1) is 0 Å². The van der Waals surface area contributed by atoms with Gasteiger partial charge in [0.1, 0.15) is 5.82 Å². The molecular formula is C26H26FN3. The number of anilines is 1. The molecule has 0 amide bonds. The normalized spacial score (nSPS) is 15.0. The Morgan fingerprint density at radius 2 is 1.73 bits per heavy atom. The van der Waals surface area contributed by atoms with E-state index in [0.29, 0.717) is 6.04 Å². The van der Waals surface area contributed by atoms with E-state index >= 15 is 0 Å². The summed E-state index contributed by atoms with van der Waals surface area (Å²) in [5.41, 5.74) is 5.71. The largest absolute Gasteiger partial charge is 0.371 e. The molecule has 0 aliphatic carbocycles. The molecule has 1 aromatic heterocycles. The fourth-order valence-corrected chi connectivity index (χ4v) is 4.33. The van der Waals surface area contributed by atoms with E-state index in [1.165, 1.54) is 17.3 Å². The maximum absolute atomic E-state index is 13.5. The predicted molar refractivity (Wildman–Crippen MR) is 122 cm³/mol. The van der Waals surface area contributed by atoms with E-state index in [2.05, 4.69) is 69.8 Å². The van der Waals surface area contributed by atoms with Gasteiger partial charge in [0.05, 0.1) is 0 Å². The van der Waals surface area contributed by atoms with E-state index in [4.69, 9.17) is 0 Å². The molecule has 30 heavy (non-hydrogen) atoms. The third kappa shape index (κ3) is 4.10. The molecule has 5 rings (SSSR count). The van der Waals surface area contributed by atoms with Gasteiger partial charge in [-0.05, 0) is 60.4 Å². The average molecular weight is 400 g/mol. The van der Waals surface area contributed by atoms with Crippen LogP contribution in [-0.2, 0) is 6.54 Å². The predicted octanol–water partition coefficient (Wildman–Crippen LogP) is 5.73. The molecule has 2 N–H and O–H groups in total. The second kappa shape index (κ2) is 8.33. The lowest BCUT2D eigenvalue weighted by Crippen LogP contribution is -2.42. The minimum Gasteiger partial charge on any atom is -0.371 e. The molecule has 0 spiro atoms. The molecule has 0 unspecified atom stereocenters. The van der Waals surface area contributed by atoms with Crippen LogP contribution in [0.1, 0.15) is 18.4 Å². The minimum atomic E-state index is -0.203. The van der Waals surface area contributed by atoms with Gasteiger partial charge in [0.15, 0.2) is 0 Å². The lowest BCUT2D eigenvalue weighted by atomic mass is 10.0. The van der Waals surface area contributed by atoms with E-state index in [-0.39, 0.29) is 5.82 Å². The standard InChI is InChI=1S/C26H26FN3/c27-22-9-10-25-21(15-22)17-26(29-25)20-7-4-8-24(16-20)30-13-11-23(12-14-30)28-18-19-5-2-1-3-6-19/h1-10,15-17,23,28-29H,11-14,18H2. The smallest absolute Gasteiger partial charge is 0.123 e.